The van der Waals surface area contributed by atoms with Crippen LogP contribution in [-0.2, 0) is 11.2 Å². The Labute approximate surface area is 168 Å². The second kappa shape index (κ2) is 14.2. The molecular weight excluding hydrogens is 335 g/mol. The van der Waals surface area contributed by atoms with Crippen LogP contribution in [0.2, 0.25) is 0 Å². The minimum absolute atomic E-state index is 0.0187. The first-order valence-electron chi connectivity index (χ1n) is 11.4. The summed E-state index contributed by atoms with van der Waals surface area (Å²) >= 11 is 0. The first kappa shape index (κ1) is 24.1. The van der Waals surface area contributed by atoms with Crippen LogP contribution in [-0.4, -0.2) is 12.2 Å². The van der Waals surface area contributed by atoms with Crippen LogP contribution in [0.5, 0.6) is 0 Å². The van der Waals surface area contributed by atoms with E-state index in [1.807, 2.05) is 12.1 Å². The van der Waals surface area contributed by atoms with Gasteiger partial charge in [0, 0.05) is 6.61 Å². The molecule has 1 atom stereocenters. The Morgan fingerprint density at radius 1 is 0.815 bits per heavy atom. The third kappa shape index (κ3) is 10.9. The number of benzene rings is 1. The first-order chi connectivity index (χ1) is 13.0. The highest BCUT2D eigenvalue weighted by molar-refractivity contribution is 5.15. The third-order valence-corrected chi connectivity index (χ3v) is 5.84. The summed E-state index contributed by atoms with van der Waals surface area (Å²) < 4.78 is 19.1. The lowest BCUT2D eigenvalue weighted by Gasteiger charge is -2.34. The molecule has 0 aromatic heterocycles. The van der Waals surface area contributed by atoms with E-state index in [1.54, 1.807) is 12.1 Å². The van der Waals surface area contributed by atoms with Crippen molar-refractivity contribution in [2.24, 2.45) is 5.92 Å². The molecule has 156 valence electrons. The monoisotopic (exact) mass is 378 g/mol. The van der Waals surface area contributed by atoms with E-state index in [0.717, 1.165) is 13.0 Å². The summed E-state index contributed by atoms with van der Waals surface area (Å²) in [5.41, 5.74) is 1.23. The van der Waals surface area contributed by atoms with Gasteiger partial charge in [0.25, 0.3) is 0 Å². The molecule has 0 bridgehead atoms. The summed E-state index contributed by atoms with van der Waals surface area (Å²) in [5, 5.41) is 0. The Morgan fingerprint density at radius 2 is 1.37 bits per heavy atom. The molecule has 27 heavy (non-hydrogen) atoms. The van der Waals surface area contributed by atoms with Crippen molar-refractivity contribution in [3.63, 3.8) is 0 Å². The molecule has 1 aromatic carbocycles. The van der Waals surface area contributed by atoms with E-state index >= 15 is 0 Å². The van der Waals surface area contributed by atoms with Gasteiger partial charge < -0.3 is 4.74 Å². The van der Waals surface area contributed by atoms with E-state index in [-0.39, 0.29) is 11.4 Å². The number of hydrogen-bond acceptors (Lipinski definition) is 1. The summed E-state index contributed by atoms with van der Waals surface area (Å²) in [5.74, 6) is 0.504. The predicted octanol–water partition coefficient (Wildman–Crippen LogP) is 8.11. The summed E-state index contributed by atoms with van der Waals surface area (Å²) in [6.45, 7) is 9.72. The zero-order valence-corrected chi connectivity index (χ0v) is 18.4. The average molecular weight is 379 g/mol. The van der Waals surface area contributed by atoms with Crippen molar-refractivity contribution >= 4 is 0 Å². The Morgan fingerprint density at radius 3 is 1.96 bits per heavy atom. The zero-order valence-electron chi connectivity index (χ0n) is 18.4. The number of halogens is 1. The van der Waals surface area contributed by atoms with E-state index < -0.39 is 0 Å². The van der Waals surface area contributed by atoms with Crippen molar-refractivity contribution in [2.75, 3.05) is 6.61 Å². The molecule has 1 nitrogen and oxygen atoms in total. The molecule has 0 saturated carbocycles. The Hall–Kier alpha value is -0.890. The number of rotatable bonds is 16. The van der Waals surface area contributed by atoms with Gasteiger partial charge in [-0.15, -0.1) is 0 Å². The highest BCUT2D eigenvalue weighted by Gasteiger charge is 2.28. The Bertz CT molecular complexity index is 466. The molecule has 0 radical (unpaired) electrons. The van der Waals surface area contributed by atoms with Gasteiger partial charge in [-0.2, -0.15) is 0 Å². The Balaban J connectivity index is 2.31. The summed E-state index contributed by atoms with van der Waals surface area (Å²) in [7, 11) is 0. The van der Waals surface area contributed by atoms with Crippen molar-refractivity contribution in [1.29, 1.82) is 0 Å². The van der Waals surface area contributed by atoms with Crippen LogP contribution < -0.4 is 0 Å². The van der Waals surface area contributed by atoms with E-state index in [4.69, 9.17) is 4.74 Å². The maximum Gasteiger partial charge on any atom is 0.123 e. The second-order valence-corrected chi connectivity index (χ2v) is 8.52. The van der Waals surface area contributed by atoms with Gasteiger partial charge in [0.15, 0.2) is 0 Å². The fourth-order valence-electron chi connectivity index (χ4n) is 4.05. The molecule has 0 amide bonds. The van der Waals surface area contributed by atoms with Gasteiger partial charge >= 0.3 is 0 Å². The SMILES string of the molecule is CCCCCCCCC(CCCCCc1ccc(F)cc1)C(C)(C)OCC. The van der Waals surface area contributed by atoms with Gasteiger partial charge in [-0.1, -0.05) is 70.4 Å². The van der Waals surface area contributed by atoms with Crippen molar-refractivity contribution < 1.29 is 9.13 Å². The number of hydrogen-bond donors (Lipinski definition) is 0. The summed E-state index contributed by atoms with van der Waals surface area (Å²) in [6, 6.07) is 6.96. The van der Waals surface area contributed by atoms with Crippen LogP contribution in [0.3, 0.4) is 0 Å². The molecule has 1 rings (SSSR count). The topological polar surface area (TPSA) is 9.23 Å². The van der Waals surface area contributed by atoms with Crippen LogP contribution in [0.4, 0.5) is 4.39 Å². The van der Waals surface area contributed by atoms with Gasteiger partial charge in [-0.05, 0) is 70.1 Å². The number of ether oxygens (including phenoxy) is 1. The second-order valence-electron chi connectivity index (χ2n) is 8.52. The zero-order chi connectivity index (χ0) is 20.0. The van der Waals surface area contributed by atoms with Gasteiger partial charge in [0.05, 0.1) is 5.60 Å². The molecule has 0 aliphatic heterocycles. The smallest absolute Gasteiger partial charge is 0.123 e. The lowest BCUT2D eigenvalue weighted by molar-refractivity contribution is -0.0605. The fraction of sp³-hybridized carbons (Fsp3) is 0.760. The van der Waals surface area contributed by atoms with E-state index in [0.29, 0.717) is 5.92 Å². The van der Waals surface area contributed by atoms with Crippen molar-refractivity contribution in [2.45, 2.75) is 110 Å². The molecule has 0 spiro atoms. The average Bonchev–Trinajstić information content (AvgIpc) is 2.63. The van der Waals surface area contributed by atoms with Crippen molar-refractivity contribution in [3.05, 3.63) is 35.6 Å². The highest BCUT2D eigenvalue weighted by Crippen LogP contribution is 2.31. The van der Waals surface area contributed by atoms with Crippen molar-refractivity contribution in [1.82, 2.24) is 0 Å². The Kier molecular flexibility index (Phi) is 12.7. The summed E-state index contributed by atoms with van der Waals surface area (Å²) in [6.07, 6.45) is 15.4. The number of aryl methyl sites for hydroxylation is 1. The molecule has 0 aliphatic rings. The predicted molar refractivity (Wildman–Crippen MR) is 116 cm³/mol. The van der Waals surface area contributed by atoms with Gasteiger partial charge in [0.1, 0.15) is 5.82 Å². The van der Waals surface area contributed by atoms with Crippen LogP contribution >= 0.6 is 0 Å². The molecular formula is C25H43FO. The minimum Gasteiger partial charge on any atom is -0.376 e. The van der Waals surface area contributed by atoms with Gasteiger partial charge in [-0.25, -0.2) is 4.39 Å². The quantitative estimate of drug-likeness (QED) is 0.264. The number of unbranched alkanes of at least 4 members (excludes halogenated alkanes) is 7. The molecule has 1 unspecified atom stereocenters. The molecule has 0 saturated heterocycles. The standard InChI is InChI=1S/C25H43FO/c1-5-7-8-9-10-13-16-23(25(3,4)27-6-2)17-14-11-12-15-22-18-20-24(26)21-19-22/h18-21,23H,5-17H2,1-4H3. The molecule has 2 heteroatoms. The maximum atomic E-state index is 13.0. The third-order valence-electron chi connectivity index (χ3n) is 5.84. The van der Waals surface area contributed by atoms with Gasteiger partial charge in [0.2, 0.25) is 0 Å². The normalized spacial score (nSPS) is 13.1. The fourth-order valence-corrected chi connectivity index (χ4v) is 4.05. The molecule has 0 fully saturated rings. The van der Waals surface area contributed by atoms with Gasteiger partial charge in [-0.3, -0.25) is 0 Å². The van der Waals surface area contributed by atoms with E-state index in [2.05, 4.69) is 27.7 Å². The van der Waals surface area contributed by atoms with E-state index in [1.165, 1.54) is 76.2 Å². The van der Waals surface area contributed by atoms with Crippen LogP contribution in [0.1, 0.15) is 104 Å². The van der Waals surface area contributed by atoms with Crippen molar-refractivity contribution in [3.8, 4) is 0 Å². The lowest BCUT2D eigenvalue weighted by atomic mass is 9.82. The van der Waals surface area contributed by atoms with Crippen LogP contribution in [0, 0.1) is 11.7 Å². The van der Waals surface area contributed by atoms with Crippen LogP contribution in [0.25, 0.3) is 0 Å². The molecule has 0 heterocycles. The molecule has 0 aliphatic carbocycles. The molecule has 0 N–H and O–H groups in total. The maximum absolute atomic E-state index is 13.0. The summed E-state index contributed by atoms with van der Waals surface area (Å²) in [4.78, 5) is 0. The minimum atomic E-state index is -0.144. The largest absolute Gasteiger partial charge is 0.376 e. The van der Waals surface area contributed by atoms with E-state index in [9.17, 15) is 4.39 Å². The lowest BCUT2D eigenvalue weighted by Crippen LogP contribution is -2.34. The van der Waals surface area contributed by atoms with Crippen LogP contribution in [0.15, 0.2) is 24.3 Å². The highest BCUT2D eigenvalue weighted by atomic mass is 19.1. The molecule has 1 aromatic rings. The first-order valence-corrected chi connectivity index (χ1v) is 11.4.